The van der Waals surface area contributed by atoms with Gasteiger partial charge in [0.15, 0.2) is 5.76 Å². The number of carbonyl (C=O) groups is 1. The molecule has 0 aliphatic rings. The van der Waals surface area contributed by atoms with Gasteiger partial charge in [-0.3, -0.25) is 4.79 Å². The number of hydrogen-bond donors (Lipinski definition) is 1. The monoisotopic (exact) mass is 337 g/mol. The van der Waals surface area contributed by atoms with E-state index in [4.69, 9.17) is 4.42 Å². The fourth-order valence-electron chi connectivity index (χ4n) is 2.39. The largest absolute Gasteiger partial charge is 0.455 e. The second-order valence-electron chi connectivity index (χ2n) is 5.64. The molecule has 2 aromatic carbocycles. The lowest BCUT2D eigenvalue weighted by atomic mass is 10.1. The molecule has 3 rings (SSSR count). The molecule has 0 unspecified atom stereocenters. The Kier molecular flexibility index (Phi) is 5.06. The van der Waals surface area contributed by atoms with Crippen LogP contribution in [-0.2, 0) is 5.75 Å². The third kappa shape index (κ3) is 4.09. The molecule has 1 N–H and O–H groups in total. The fourth-order valence-corrected chi connectivity index (χ4v) is 3.20. The normalized spacial score (nSPS) is 10.6. The van der Waals surface area contributed by atoms with E-state index in [-0.39, 0.29) is 5.91 Å². The zero-order chi connectivity index (χ0) is 16.9. The van der Waals surface area contributed by atoms with E-state index < -0.39 is 0 Å². The van der Waals surface area contributed by atoms with Crippen LogP contribution in [0.25, 0.3) is 0 Å². The summed E-state index contributed by atoms with van der Waals surface area (Å²) in [6.45, 7) is 4.01. The fraction of sp³-hybridized carbons (Fsp3) is 0.150. The maximum absolute atomic E-state index is 12.3. The van der Waals surface area contributed by atoms with Crippen molar-refractivity contribution in [3.05, 3.63) is 83.3 Å². The average molecular weight is 337 g/mol. The van der Waals surface area contributed by atoms with Crippen molar-refractivity contribution in [2.24, 2.45) is 0 Å². The van der Waals surface area contributed by atoms with Gasteiger partial charge in [-0.05, 0) is 49.7 Å². The maximum atomic E-state index is 12.3. The van der Waals surface area contributed by atoms with Crippen LogP contribution in [0.5, 0.6) is 0 Å². The molecule has 0 aliphatic heterocycles. The van der Waals surface area contributed by atoms with E-state index in [2.05, 4.69) is 17.4 Å². The van der Waals surface area contributed by atoms with Crippen LogP contribution in [0, 0.1) is 13.8 Å². The number of benzene rings is 2. The maximum Gasteiger partial charge on any atom is 0.291 e. The first-order valence-electron chi connectivity index (χ1n) is 7.77. The van der Waals surface area contributed by atoms with Crippen molar-refractivity contribution >= 4 is 23.4 Å². The third-order valence-electron chi connectivity index (χ3n) is 3.64. The predicted molar refractivity (Wildman–Crippen MR) is 98.6 cm³/mol. The van der Waals surface area contributed by atoms with Gasteiger partial charge in [-0.1, -0.05) is 35.9 Å². The number of furan rings is 1. The molecule has 1 heterocycles. The van der Waals surface area contributed by atoms with Crippen LogP contribution in [-0.4, -0.2) is 5.91 Å². The van der Waals surface area contributed by atoms with Gasteiger partial charge in [0.1, 0.15) is 5.76 Å². The molecule has 4 heteroatoms. The summed E-state index contributed by atoms with van der Waals surface area (Å²) in [5.74, 6) is 1.59. The number of hydrogen-bond acceptors (Lipinski definition) is 3. The van der Waals surface area contributed by atoms with Crippen LogP contribution in [0.3, 0.4) is 0 Å². The van der Waals surface area contributed by atoms with Gasteiger partial charge in [0, 0.05) is 10.6 Å². The van der Waals surface area contributed by atoms with Gasteiger partial charge in [0.2, 0.25) is 0 Å². The van der Waals surface area contributed by atoms with Gasteiger partial charge in [-0.2, -0.15) is 0 Å². The van der Waals surface area contributed by atoms with Gasteiger partial charge in [0.25, 0.3) is 5.91 Å². The summed E-state index contributed by atoms with van der Waals surface area (Å²) in [6.07, 6.45) is 0. The Hall–Kier alpha value is -2.46. The van der Waals surface area contributed by atoms with E-state index in [1.807, 2.05) is 56.3 Å². The Morgan fingerprint density at radius 3 is 2.58 bits per heavy atom. The van der Waals surface area contributed by atoms with Crippen molar-refractivity contribution in [2.45, 2.75) is 24.5 Å². The Labute approximate surface area is 146 Å². The highest BCUT2D eigenvalue weighted by Gasteiger charge is 2.12. The number of carbonyl (C=O) groups excluding carboxylic acids is 1. The highest BCUT2D eigenvalue weighted by atomic mass is 32.2. The quantitative estimate of drug-likeness (QED) is 0.630. The summed E-state index contributed by atoms with van der Waals surface area (Å²) in [5, 5.41) is 2.90. The lowest BCUT2D eigenvalue weighted by molar-refractivity contribution is 0.0995. The van der Waals surface area contributed by atoms with E-state index in [9.17, 15) is 4.79 Å². The second kappa shape index (κ2) is 7.41. The molecular weight excluding hydrogens is 318 g/mol. The molecule has 0 bridgehead atoms. The van der Waals surface area contributed by atoms with E-state index in [1.165, 1.54) is 10.5 Å². The van der Waals surface area contributed by atoms with Crippen molar-refractivity contribution in [1.82, 2.24) is 0 Å². The van der Waals surface area contributed by atoms with Gasteiger partial charge in [0.05, 0.1) is 5.75 Å². The summed E-state index contributed by atoms with van der Waals surface area (Å²) in [7, 11) is 0. The Morgan fingerprint density at radius 1 is 1.04 bits per heavy atom. The van der Waals surface area contributed by atoms with Gasteiger partial charge < -0.3 is 9.73 Å². The van der Waals surface area contributed by atoms with Gasteiger partial charge >= 0.3 is 0 Å². The first-order chi connectivity index (χ1) is 11.6. The molecule has 0 atom stereocenters. The number of nitrogens with one attached hydrogen (secondary N) is 1. The van der Waals surface area contributed by atoms with Crippen molar-refractivity contribution < 1.29 is 9.21 Å². The standard InChI is InChI=1S/C20H19NO2S/c1-14-8-10-18(15(2)12-14)21-20(22)19-11-9-16(23-19)13-24-17-6-4-3-5-7-17/h3-12H,13H2,1-2H3,(H,21,22). The van der Waals surface area contributed by atoms with Crippen molar-refractivity contribution in [3.8, 4) is 0 Å². The Morgan fingerprint density at radius 2 is 1.83 bits per heavy atom. The minimum Gasteiger partial charge on any atom is -0.455 e. The highest BCUT2D eigenvalue weighted by molar-refractivity contribution is 7.98. The number of amides is 1. The first-order valence-corrected chi connectivity index (χ1v) is 8.75. The zero-order valence-electron chi connectivity index (χ0n) is 13.7. The Balaban J connectivity index is 1.63. The summed E-state index contributed by atoms with van der Waals surface area (Å²) in [5.41, 5.74) is 3.01. The lowest BCUT2D eigenvalue weighted by Crippen LogP contribution is -2.11. The highest BCUT2D eigenvalue weighted by Crippen LogP contribution is 2.24. The van der Waals surface area contributed by atoms with Crippen LogP contribution in [0.15, 0.2) is 70.0 Å². The van der Waals surface area contributed by atoms with Crippen molar-refractivity contribution in [2.75, 3.05) is 5.32 Å². The molecule has 0 fully saturated rings. The van der Waals surface area contributed by atoms with Gasteiger partial charge in [-0.25, -0.2) is 0 Å². The predicted octanol–water partition coefficient (Wildman–Crippen LogP) is 5.44. The molecular formula is C20H19NO2S. The van der Waals surface area contributed by atoms with Crippen LogP contribution >= 0.6 is 11.8 Å². The molecule has 1 amide bonds. The molecule has 3 nitrogen and oxygen atoms in total. The summed E-state index contributed by atoms with van der Waals surface area (Å²) >= 11 is 1.68. The van der Waals surface area contributed by atoms with Crippen LogP contribution in [0.4, 0.5) is 5.69 Å². The summed E-state index contributed by atoms with van der Waals surface area (Å²) in [6, 6.07) is 19.6. The van der Waals surface area contributed by atoms with Crippen LogP contribution < -0.4 is 5.32 Å². The molecule has 3 aromatic rings. The average Bonchev–Trinajstić information content (AvgIpc) is 3.05. The van der Waals surface area contributed by atoms with E-state index in [0.29, 0.717) is 11.5 Å². The summed E-state index contributed by atoms with van der Waals surface area (Å²) < 4.78 is 5.67. The first kappa shape index (κ1) is 16.4. The summed E-state index contributed by atoms with van der Waals surface area (Å²) in [4.78, 5) is 13.5. The molecule has 0 aliphatic carbocycles. The smallest absolute Gasteiger partial charge is 0.291 e. The number of thioether (sulfide) groups is 1. The minimum absolute atomic E-state index is 0.224. The number of anilines is 1. The number of rotatable bonds is 5. The molecule has 24 heavy (non-hydrogen) atoms. The van der Waals surface area contributed by atoms with Crippen molar-refractivity contribution in [3.63, 3.8) is 0 Å². The topological polar surface area (TPSA) is 42.2 Å². The van der Waals surface area contributed by atoms with Crippen molar-refractivity contribution in [1.29, 1.82) is 0 Å². The molecule has 122 valence electrons. The zero-order valence-corrected chi connectivity index (χ0v) is 14.5. The minimum atomic E-state index is -0.224. The van der Waals surface area contributed by atoms with Crippen LogP contribution in [0.1, 0.15) is 27.4 Å². The Bertz CT molecular complexity index is 840. The molecule has 0 saturated heterocycles. The lowest BCUT2D eigenvalue weighted by Gasteiger charge is -2.07. The van der Waals surface area contributed by atoms with E-state index in [0.717, 1.165) is 17.0 Å². The van der Waals surface area contributed by atoms with E-state index >= 15 is 0 Å². The second-order valence-corrected chi connectivity index (χ2v) is 6.69. The molecule has 0 spiro atoms. The molecule has 0 saturated carbocycles. The third-order valence-corrected chi connectivity index (χ3v) is 4.67. The SMILES string of the molecule is Cc1ccc(NC(=O)c2ccc(CSc3ccccc3)o2)c(C)c1. The molecule has 1 aromatic heterocycles. The molecule has 0 radical (unpaired) electrons. The van der Waals surface area contributed by atoms with E-state index in [1.54, 1.807) is 17.8 Å². The van der Waals surface area contributed by atoms with Crippen LogP contribution in [0.2, 0.25) is 0 Å². The number of aryl methyl sites for hydroxylation is 2. The van der Waals surface area contributed by atoms with Gasteiger partial charge in [-0.15, -0.1) is 11.8 Å².